The molecule has 1 rings (SSSR count). The van der Waals surface area contributed by atoms with Crippen molar-refractivity contribution in [3.8, 4) is 0 Å². The molecule has 180 valence electrons. The maximum absolute atomic E-state index is 11.6. The molecule has 0 saturated heterocycles. The molecular weight excluding hydrogens is 422 g/mol. The Hall–Kier alpha value is -2.79. The third kappa shape index (κ3) is 12.2. The molecule has 0 aromatic heterocycles. The van der Waals surface area contributed by atoms with Crippen LogP contribution in [-0.4, -0.2) is 55.4 Å². The third-order valence-corrected chi connectivity index (χ3v) is 4.55. The molecule has 0 fully saturated rings. The van der Waals surface area contributed by atoms with E-state index in [2.05, 4.69) is 12.2 Å². The maximum atomic E-state index is 11.6. The van der Waals surface area contributed by atoms with E-state index >= 15 is 0 Å². The minimum absolute atomic E-state index is 0.184. The Bertz CT molecular complexity index is 714. The second-order valence-electron chi connectivity index (χ2n) is 7.11. The molecule has 0 aliphatic rings. The molecule has 0 aliphatic heterocycles. The van der Waals surface area contributed by atoms with Gasteiger partial charge in [-0.2, -0.15) is 0 Å². The van der Waals surface area contributed by atoms with Crippen molar-refractivity contribution in [3.05, 3.63) is 38.4 Å². The third-order valence-electron chi connectivity index (χ3n) is 4.55. The molecular formula is C21H33N3O8. The monoisotopic (exact) mass is 455 g/mol. The molecule has 0 amide bonds. The van der Waals surface area contributed by atoms with Crippen LogP contribution in [0.2, 0.25) is 0 Å². The second kappa shape index (κ2) is 16.8. The number of non-ortho nitro benzene ring substituents is 1. The molecule has 0 bridgehead atoms. The Labute approximate surface area is 187 Å². The van der Waals surface area contributed by atoms with Crippen LogP contribution in [0.25, 0.3) is 0 Å². The van der Waals surface area contributed by atoms with Gasteiger partial charge in [0.1, 0.15) is 12.3 Å². The van der Waals surface area contributed by atoms with Gasteiger partial charge in [0.25, 0.3) is 11.4 Å². The molecule has 1 aromatic carbocycles. The Morgan fingerprint density at radius 3 is 2.25 bits per heavy atom. The van der Waals surface area contributed by atoms with Crippen molar-refractivity contribution < 1.29 is 28.9 Å². The second-order valence-corrected chi connectivity index (χ2v) is 7.11. The number of ether oxygens (including phenoxy) is 3. The number of carbonyl (C=O) groups is 1. The number of esters is 1. The summed E-state index contributed by atoms with van der Waals surface area (Å²) in [6.07, 6.45) is 7.17. The highest BCUT2D eigenvalue weighted by molar-refractivity contribution is 5.69. The first kappa shape index (κ1) is 27.2. The van der Waals surface area contributed by atoms with Crippen LogP contribution in [0, 0.1) is 20.2 Å². The van der Waals surface area contributed by atoms with Crippen molar-refractivity contribution in [1.29, 1.82) is 0 Å². The van der Waals surface area contributed by atoms with E-state index in [1.165, 1.54) is 31.4 Å². The molecule has 11 nitrogen and oxygen atoms in total. The van der Waals surface area contributed by atoms with Crippen LogP contribution in [0.4, 0.5) is 17.1 Å². The summed E-state index contributed by atoms with van der Waals surface area (Å²) in [4.78, 5) is 32.0. The lowest BCUT2D eigenvalue weighted by atomic mass is 10.1. The summed E-state index contributed by atoms with van der Waals surface area (Å²) < 4.78 is 15.8. The summed E-state index contributed by atoms with van der Waals surface area (Å²) in [5, 5.41) is 24.6. The fourth-order valence-corrected chi connectivity index (χ4v) is 2.85. The minimum Gasteiger partial charge on any atom is -0.463 e. The van der Waals surface area contributed by atoms with Gasteiger partial charge in [-0.1, -0.05) is 39.0 Å². The number of nitro benzene ring substituents is 2. The highest BCUT2D eigenvalue weighted by atomic mass is 16.6. The van der Waals surface area contributed by atoms with Gasteiger partial charge in [0.2, 0.25) is 0 Å². The SMILES string of the molecule is CCCCCCCCC(=O)OCCOCCOCCNc1ccc([N+](=O)[O-])cc1[N+](=O)[O-]. The number of hydrogen-bond donors (Lipinski definition) is 1. The number of nitrogens with zero attached hydrogens (tertiary/aromatic N) is 2. The van der Waals surface area contributed by atoms with Gasteiger partial charge >= 0.3 is 5.97 Å². The van der Waals surface area contributed by atoms with Gasteiger partial charge in [0.15, 0.2) is 0 Å². The lowest BCUT2D eigenvalue weighted by Crippen LogP contribution is -2.15. The quantitative estimate of drug-likeness (QED) is 0.140. The molecule has 1 aromatic rings. The molecule has 11 heteroatoms. The first-order valence-corrected chi connectivity index (χ1v) is 10.9. The summed E-state index contributed by atoms with van der Waals surface area (Å²) in [5.41, 5.74) is -0.527. The zero-order valence-corrected chi connectivity index (χ0v) is 18.6. The molecule has 32 heavy (non-hydrogen) atoms. The van der Waals surface area contributed by atoms with Crippen LogP contribution in [0.3, 0.4) is 0 Å². The average Bonchev–Trinajstić information content (AvgIpc) is 2.77. The fourth-order valence-electron chi connectivity index (χ4n) is 2.85. The lowest BCUT2D eigenvalue weighted by Gasteiger charge is -2.09. The Morgan fingerprint density at radius 2 is 1.56 bits per heavy atom. The summed E-state index contributed by atoms with van der Waals surface area (Å²) in [6.45, 7) is 3.86. The van der Waals surface area contributed by atoms with Gasteiger partial charge in [-0.3, -0.25) is 25.0 Å². The van der Waals surface area contributed by atoms with E-state index < -0.39 is 9.85 Å². The Balaban J connectivity index is 2.03. The number of unbranched alkanes of at least 4 members (excludes halogenated alkanes) is 5. The highest BCUT2D eigenvalue weighted by Crippen LogP contribution is 2.28. The van der Waals surface area contributed by atoms with E-state index in [1.54, 1.807) is 0 Å². The van der Waals surface area contributed by atoms with Crippen LogP contribution in [0.1, 0.15) is 51.9 Å². The number of carbonyl (C=O) groups excluding carboxylic acids is 1. The number of anilines is 1. The van der Waals surface area contributed by atoms with Gasteiger partial charge in [0, 0.05) is 19.0 Å². The van der Waals surface area contributed by atoms with E-state index in [-0.39, 0.29) is 42.8 Å². The van der Waals surface area contributed by atoms with Crippen LogP contribution >= 0.6 is 0 Å². The normalized spacial score (nSPS) is 10.7. The fraction of sp³-hybridized carbons (Fsp3) is 0.667. The first-order chi connectivity index (χ1) is 15.5. The van der Waals surface area contributed by atoms with Crippen molar-refractivity contribution in [2.45, 2.75) is 51.9 Å². The highest BCUT2D eigenvalue weighted by Gasteiger charge is 2.18. The Kier molecular flexibility index (Phi) is 14.3. The number of benzene rings is 1. The topological polar surface area (TPSA) is 143 Å². The van der Waals surface area contributed by atoms with Gasteiger partial charge in [-0.05, 0) is 12.5 Å². The number of hydrogen-bond acceptors (Lipinski definition) is 9. The summed E-state index contributed by atoms with van der Waals surface area (Å²) in [6, 6.07) is 3.41. The zero-order valence-electron chi connectivity index (χ0n) is 18.6. The van der Waals surface area contributed by atoms with Gasteiger partial charge in [-0.15, -0.1) is 0 Å². The molecule has 0 aliphatic carbocycles. The van der Waals surface area contributed by atoms with Crippen molar-refractivity contribution in [3.63, 3.8) is 0 Å². The van der Waals surface area contributed by atoms with Crippen LogP contribution in [0.5, 0.6) is 0 Å². The summed E-state index contributed by atoms with van der Waals surface area (Å²) in [7, 11) is 0. The number of nitrogens with one attached hydrogen (secondary N) is 1. The minimum atomic E-state index is -0.684. The van der Waals surface area contributed by atoms with Gasteiger partial charge in [0.05, 0.1) is 42.3 Å². The summed E-state index contributed by atoms with van der Waals surface area (Å²) >= 11 is 0. The number of rotatable bonds is 19. The molecule has 0 atom stereocenters. The van der Waals surface area contributed by atoms with E-state index in [0.29, 0.717) is 26.2 Å². The Morgan fingerprint density at radius 1 is 0.906 bits per heavy atom. The van der Waals surface area contributed by atoms with Crippen molar-refractivity contribution in [2.24, 2.45) is 0 Å². The lowest BCUT2D eigenvalue weighted by molar-refractivity contribution is -0.393. The van der Waals surface area contributed by atoms with Crippen LogP contribution in [0.15, 0.2) is 18.2 Å². The predicted octanol–water partition coefficient (Wildman–Crippen LogP) is 4.24. The predicted molar refractivity (Wildman–Crippen MR) is 119 cm³/mol. The first-order valence-electron chi connectivity index (χ1n) is 10.9. The largest absolute Gasteiger partial charge is 0.463 e. The van der Waals surface area contributed by atoms with Gasteiger partial charge in [-0.25, -0.2) is 0 Å². The van der Waals surface area contributed by atoms with Crippen LogP contribution < -0.4 is 5.32 Å². The van der Waals surface area contributed by atoms with Crippen molar-refractivity contribution in [1.82, 2.24) is 0 Å². The van der Waals surface area contributed by atoms with E-state index in [1.807, 2.05) is 0 Å². The van der Waals surface area contributed by atoms with E-state index in [9.17, 15) is 25.0 Å². The standard InChI is InChI=1S/C21H33N3O8/c1-2-3-4-5-6-7-8-21(25)32-16-15-31-14-13-30-12-11-22-19-10-9-18(23(26)27)17-20(19)24(28)29/h9-10,17,22H,2-8,11-16H2,1H3. The number of nitro groups is 2. The molecule has 0 saturated carbocycles. The smallest absolute Gasteiger partial charge is 0.305 e. The van der Waals surface area contributed by atoms with Crippen molar-refractivity contribution in [2.75, 3.05) is 44.9 Å². The van der Waals surface area contributed by atoms with Crippen molar-refractivity contribution >= 4 is 23.0 Å². The van der Waals surface area contributed by atoms with E-state index in [0.717, 1.165) is 25.3 Å². The molecule has 0 unspecified atom stereocenters. The van der Waals surface area contributed by atoms with Crippen LogP contribution in [-0.2, 0) is 19.0 Å². The maximum Gasteiger partial charge on any atom is 0.305 e. The average molecular weight is 456 g/mol. The summed E-state index contributed by atoms with van der Waals surface area (Å²) in [5.74, 6) is -0.202. The zero-order chi connectivity index (χ0) is 23.6. The van der Waals surface area contributed by atoms with E-state index in [4.69, 9.17) is 14.2 Å². The molecule has 0 heterocycles. The molecule has 0 radical (unpaired) electrons. The molecule has 0 spiro atoms. The molecule has 1 N–H and O–H groups in total. The van der Waals surface area contributed by atoms with Gasteiger partial charge < -0.3 is 19.5 Å².